The fourth-order valence-corrected chi connectivity index (χ4v) is 3.23. The Labute approximate surface area is 173 Å². The van der Waals surface area contributed by atoms with Crippen molar-refractivity contribution in [1.82, 2.24) is 20.1 Å². The summed E-state index contributed by atoms with van der Waals surface area (Å²) < 4.78 is 1.39. The lowest BCUT2D eigenvalue weighted by Gasteiger charge is -2.13. The summed E-state index contributed by atoms with van der Waals surface area (Å²) >= 11 is 0. The first kappa shape index (κ1) is 19.3. The largest absolute Gasteiger partial charge is 0.332 e. The topological polar surface area (TPSA) is 88.9 Å². The molecule has 2 heterocycles. The minimum Gasteiger partial charge on any atom is -0.332 e. The zero-order valence-corrected chi connectivity index (χ0v) is 16.5. The fourth-order valence-electron chi connectivity index (χ4n) is 3.23. The number of urea groups is 1. The molecule has 0 aliphatic carbocycles. The van der Waals surface area contributed by atoms with Crippen LogP contribution in [-0.4, -0.2) is 20.8 Å². The number of anilines is 1. The normalized spacial score (nSPS) is 10.7. The molecule has 7 heteroatoms. The maximum atomic E-state index is 12.9. The third-order valence-corrected chi connectivity index (χ3v) is 4.79. The number of hydrogen-bond donors (Lipinski definition) is 2. The van der Waals surface area contributed by atoms with Crippen molar-refractivity contribution < 1.29 is 4.79 Å². The van der Waals surface area contributed by atoms with Crippen molar-refractivity contribution in [2.75, 3.05) is 5.32 Å². The van der Waals surface area contributed by atoms with E-state index >= 15 is 0 Å². The molecule has 0 unspecified atom stereocenters. The number of aromatic nitrogens is 3. The Morgan fingerprint density at radius 3 is 2.47 bits per heavy atom. The van der Waals surface area contributed by atoms with Crippen LogP contribution in [-0.2, 0) is 13.1 Å². The lowest BCUT2D eigenvalue weighted by atomic mass is 10.1. The summed E-state index contributed by atoms with van der Waals surface area (Å²) in [5, 5.41) is 11.5. The molecule has 0 bridgehead atoms. The van der Waals surface area contributed by atoms with Gasteiger partial charge in [0.2, 0.25) is 0 Å². The monoisotopic (exact) mass is 399 g/mol. The van der Waals surface area contributed by atoms with E-state index in [0.29, 0.717) is 11.1 Å². The minimum atomic E-state index is -0.336. The molecular formula is C23H21N5O2. The first-order chi connectivity index (χ1) is 14.6. The number of para-hydroxylation sites is 1. The van der Waals surface area contributed by atoms with Gasteiger partial charge in [-0.15, -0.1) is 0 Å². The quantitative estimate of drug-likeness (QED) is 0.538. The summed E-state index contributed by atoms with van der Waals surface area (Å²) in [6.07, 6.45) is 1.68. The fraction of sp³-hybridized carbons (Fsp3) is 0.130. The number of carbonyl (C=O) groups is 1. The number of nitrogens with zero attached hydrogens (tertiary/aromatic N) is 3. The Balaban J connectivity index is 1.60. The molecule has 0 saturated carbocycles. The summed E-state index contributed by atoms with van der Waals surface area (Å²) in [6.45, 7) is 2.37. The van der Waals surface area contributed by atoms with Gasteiger partial charge in [0.05, 0.1) is 29.9 Å². The van der Waals surface area contributed by atoms with Crippen molar-refractivity contribution in [1.29, 1.82) is 0 Å². The number of nitrogens with one attached hydrogen (secondary N) is 2. The van der Waals surface area contributed by atoms with E-state index in [2.05, 4.69) is 20.7 Å². The molecule has 4 rings (SSSR count). The van der Waals surface area contributed by atoms with E-state index in [1.165, 1.54) is 4.68 Å². The molecule has 2 amide bonds. The lowest BCUT2D eigenvalue weighted by Crippen LogP contribution is -2.31. The zero-order chi connectivity index (χ0) is 20.9. The second kappa shape index (κ2) is 8.57. The van der Waals surface area contributed by atoms with Crippen molar-refractivity contribution in [3.63, 3.8) is 0 Å². The van der Waals surface area contributed by atoms with Gasteiger partial charge in [-0.3, -0.25) is 9.78 Å². The molecule has 7 nitrogen and oxygen atoms in total. The molecule has 4 aromatic rings. The van der Waals surface area contributed by atoms with Crippen LogP contribution in [0.2, 0.25) is 0 Å². The zero-order valence-electron chi connectivity index (χ0n) is 16.5. The van der Waals surface area contributed by atoms with E-state index in [1.54, 1.807) is 12.3 Å². The molecule has 0 aliphatic rings. The average molecular weight is 399 g/mol. The Hall–Kier alpha value is -4.00. The number of pyridine rings is 1. The molecule has 30 heavy (non-hydrogen) atoms. The highest BCUT2D eigenvalue weighted by atomic mass is 16.2. The van der Waals surface area contributed by atoms with Crippen molar-refractivity contribution in [3.8, 4) is 0 Å². The van der Waals surface area contributed by atoms with Crippen molar-refractivity contribution in [2.45, 2.75) is 20.0 Å². The number of hydrogen-bond acceptors (Lipinski definition) is 4. The van der Waals surface area contributed by atoms with Gasteiger partial charge in [-0.2, -0.15) is 5.10 Å². The second-order valence-corrected chi connectivity index (χ2v) is 6.90. The third-order valence-electron chi connectivity index (χ3n) is 4.79. The average Bonchev–Trinajstić information content (AvgIpc) is 2.77. The van der Waals surface area contributed by atoms with Gasteiger partial charge < -0.3 is 10.6 Å². The van der Waals surface area contributed by atoms with Crippen LogP contribution in [0.1, 0.15) is 17.0 Å². The van der Waals surface area contributed by atoms with Gasteiger partial charge >= 0.3 is 6.03 Å². The van der Waals surface area contributed by atoms with Crippen LogP contribution in [0.3, 0.4) is 0 Å². The van der Waals surface area contributed by atoms with Gasteiger partial charge in [-0.05, 0) is 36.8 Å². The van der Waals surface area contributed by atoms with Crippen LogP contribution in [0.5, 0.6) is 0 Å². The van der Waals surface area contributed by atoms with E-state index < -0.39 is 0 Å². The Kier molecular flexibility index (Phi) is 5.52. The van der Waals surface area contributed by atoms with Gasteiger partial charge in [-0.25, -0.2) is 9.48 Å². The van der Waals surface area contributed by atoms with Crippen LogP contribution in [0.4, 0.5) is 10.5 Å². The summed E-state index contributed by atoms with van der Waals surface area (Å²) in [6, 6.07) is 20.0. The Bertz CT molecular complexity index is 1250. The molecule has 0 saturated heterocycles. The lowest BCUT2D eigenvalue weighted by molar-refractivity contribution is 0.251. The molecule has 0 fully saturated rings. The summed E-state index contributed by atoms with van der Waals surface area (Å²) in [5.74, 6) is 0. The number of aryl methyl sites for hydroxylation is 1. The van der Waals surface area contributed by atoms with Crippen LogP contribution in [0.25, 0.3) is 10.8 Å². The minimum absolute atomic E-state index is 0.181. The second-order valence-electron chi connectivity index (χ2n) is 6.90. The predicted molar refractivity (Wildman–Crippen MR) is 116 cm³/mol. The number of fused-ring (bicyclic) bond motifs is 1. The molecule has 2 aromatic heterocycles. The highest BCUT2D eigenvalue weighted by Gasteiger charge is 2.12. The number of carbonyl (C=O) groups excluding carboxylic acids is 1. The van der Waals surface area contributed by atoms with Crippen LogP contribution < -0.4 is 16.2 Å². The van der Waals surface area contributed by atoms with E-state index in [-0.39, 0.29) is 24.7 Å². The van der Waals surface area contributed by atoms with Gasteiger partial charge in [0.1, 0.15) is 0 Å². The Morgan fingerprint density at radius 2 is 1.70 bits per heavy atom. The molecule has 0 atom stereocenters. The van der Waals surface area contributed by atoms with E-state index in [9.17, 15) is 9.59 Å². The number of rotatable bonds is 5. The molecular weight excluding hydrogens is 378 g/mol. The van der Waals surface area contributed by atoms with Crippen LogP contribution in [0.15, 0.2) is 77.7 Å². The SMILES string of the molecule is Cc1ccccc1NC(=O)NCc1nn(Cc2ccccn2)c(=O)c2ccccc12. The molecule has 0 radical (unpaired) electrons. The first-order valence-corrected chi connectivity index (χ1v) is 9.61. The highest BCUT2D eigenvalue weighted by molar-refractivity contribution is 5.90. The van der Waals surface area contributed by atoms with Crippen LogP contribution >= 0.6 is 0 Å². The summed E-state index contributed by atoms with van der Waals surface area (Å²) in [7, 11) is 0. The molecule has 0 aliphatic heterocycles. The molecule has 0 spiro atoms. The van der Waals surface area contributed by atoms with Gasteiger partial charge in [0.25, 0.3) is 5.56 Å². The van der Waals surface area contributed by atoms with E-state index in [4.69, 9.17) is 0 Å². The number of benzene rings is 2. The molecule has 2 N–H and O–H groups in total. The standard InChI is InChI=1S/C23H21N5O2/c1-16-8-2-5-12-20(16)26-23(30)25-14-21-18-10-3-4-11-19(18)22(29)28(27-21)15-17-9-6-7-13-24-17/h2-13H,14-15H2,1H3,(H2,25,26,30). The third kappa shape index (κ3) is 4.20. The molecule has 150 valence electrons. The maximum absolute atomic E-state index is 12.9. The Morgan fingerprint density at radius 1 is 0.967 bits per heavy atom. The van der Waals surface area contributed by atoms with Crippen molar-refractivity contribution >= 4 is 22.5 Å². The van der Waals surface area contributed by atoms with Gasteiger partial charge in [-0.1, -0.05) is 42.5 Å². The highest BCUT2D eigenvalue weighted by Crippen LogP contribution is 2.15. The van der Waals surface area contributed by atoms with Crippen molar-refractivity contribution in [3.05, 3.63) is 100 Å². The van der Waals surface area contributed by atoms with Crippen molar-refractivity contribution in [2.24, 2.45) is 0 Å². The van der Waals surface area contributed by atoms with E-state index in [1.807, 2.05) is 67.6 Å². The first-order valence-electron chi connectivity index (χ1n) is 9.61. The summed E-state index contributed by atoms with van der Waals surface area (Å²) in [4.78, 5) is 29.5. The maximum Gasteiger partial charge on any atom is 0.319 e. The predicted octanol–water partition coefficient (Wildman–Crippen LogP) is 3.47. The smallest absolute Gasteiger partial charge is 0.319 e. The van der Waals surface area contributed by atoms with Gasteiger partial charge in [0, 0.05) is 17.3 Å². The summed E-state index contributed by atoms with van der Waals surface area (Å²) in [5.41, 5.74) is 2.87. The number of amides is 2. The van der Waals surface area contributed by atoms with Crippen LogP contribution in [0, 0.1) is 6.92 Å². The van der Waals surface area contributed by atoms with E-state index in [0.717, 1.165) is 22.3 Å². The van der Waals surface area contributed by atoms with Gasteiger partial charge in [0.15, 0.2) is 0 Å². The molecule has 2 aromatic carbocycles.